The van der Waals surface area contributed by atoms with Crippen molar-refractivity contribution in [1.29, 1.82) is 0 Å². The Bertz CT molecular complexity index is 450. The van der Waals surface area contributed by atoms with E-state index in [2.05, 4.69) is 18.2 Å². The third-order valence-corrected chi connectivity index (χ3v) is 3.53. The van der Waals surface area contributed by atoms with Crippen molar-refractivity contribution in [2.75, 3.05) is 0 Å². The fourth-order valence-electron chi connectivity index (χ4n) is 1.48. The summed E-state index contributed by atoms with van der Waals surface area (Å²) < 4.78 is 0. The van der Waals surface area contributed by atoms with Gasteiger partial charge in [0, 0.05) is 27.7 Å². The van der Waals surface area contributed by atoms with E-state index in [9.17, 15) is 0 Å². The lowest BCUT2D eigenvalue weighted by atomic mass is 10.1. The normalized spacial score (nSPS) is 10.5. The first-order valence-electron chi connectivity index (χ1n) is 4.80. The molecule has 0 radical (unpaired) electrons. The summed E-state index contributed by atoms with van der Waals surface area (Å²) in [6.45, 7) is 0.625. The van der Waals surface area contributed by atoms with Crippen LogP contribution in [0.3, 0.4) is 0 Å². The highest BCUT2D eigenvalue weighted by atomic mass is 35.5. The number of benzene rings is 1. The standard InChI is InChI=1S/C12H12ClNS/c13-10-3-1-2-9(6-10)7-11-4-5-12(8-14)15-11/h1-6H,7-8,14H2. The van der Waals surface area contributed by atoms with Crippen LogP contribution in [0.1, 0.15) is 15.3 Å². The lowest BCUT2D eigenvalue weighted by Gasteiger charge is -1.98. The van der Waals surface area contributed by atoms with E-state index in [0.717, 1.165) is 11.4 Å². The van der Waals surface area contributed by atoms with Crippen LogP contribution < -0.4 is 5.73 Å². The first kappa shape index (κ1) is 10.7. The van der Waals surface area contributed by atoms with E-state index in [1.165, 1.54) is 15.3 Å². The number of hydrogen-bond donors (Lipinski definition) is 1. The Labute approximate surface area is 98.5 Å². The average Bonchev–Trinajstić information content (AvgIpc) is 2.65. The van der Waals surface area contributed by atoms with Gasteiger partial charge in [0.05, 0.1) is 0 Å². The molecule has 2 aromatic rings. The molecule has 0 saturated carbocycles. The van der Waals surface area contributed by atoms with Gasteiger partial charge in [-0.2, -0.15) is 0 Å². The van der Waals surface area contributed by atoms with Crippen LogP contribution in [0.15, 0.2) is 36.4 Å². The Kier molecular flexibility index (Phi) is 3.41. The lowest BCUT2D eigenvalue weighted by Crippen LogP contribution is -1.91. The van der Waals surface area contributed by atoms with Gasteiger partial charge in [-0.15, -0.1) is 11.3 Å². The minimum absolute atomic E-state index is 0.625. The van der Waals surface area contributed by atoms with Gasteiger partial charge in [-0.05, 0) is 29.8 Å². The van der Waals surface area contributed by atoms with Gasteiger partial charge in [0.25, 0.3) is 0 Å². The Morgan fingerprint density at radius 1 is 1.13 bits per heavy atom. The van der Waals surface area contributed by atoms with Crippen molar-refractivity contribution in [3.63, 3.8) is 0 Å². The molecule has 0 fully saturated rings. The first-order valence-corrected chi connectivity index (χ1v) is 5.99. The van der Waals surface area contributed by atoms with Crippen molar-refractivity contribution in [1.82, 2.24) is 0 Å². The van der Waals surface area contributed by atoms with Gasteiger partial charge in [-0.3, -0.25) is 0 Å². The zero-order valence-electron chi connectivity index (χ0n) is 8.24. The molecule has 0 atom stereocenters. The summed E-state index contributed by atoms with van der Waals surface area (Å²) >= 11 is 7.69. The molecule has 0 aliphatic carbocycles. The minimum atomic E-state index is 0.625. The number of halogens is 1. The Morgan fingerprint density at radius 3 is 2.60 bits per heavy atom. The van der Waals surface area contributed by atoms with Crippen LogP contribution in [0, 0.1) is 0 Å². The molecule has 1 nitrogen and oxygen atoms in total. The topological polar surface area (TPSA) is 26.0 Å². The molecular weight excluding hydrogens is 226 g/mol. The minimum Gasteiger partial charge on any atom is -0.326 e. The second-order valence-electron chi connectivity index (χ2n) is 3.38. The van der Waals surface area contributed by atoms with Crippen molar-refractivity contribution in [3.8, 4) is 0 Å². The molecule has 2 N–H and O–H groups in total. The highest BCUT2D eigenvalue weighted by Gasteiger charge is 2.00. The molecule has 0 aliphatic heterocycles. The van der Waals surface area contributed by atoms with Crippen LogP contribution in [0.4, 0.5) is 0 Å². The predicted octanol–water partition coefficient (Wildman–Crippen LogP) is 3.45. The molecule has 1 heterocycles. The van der Waals surface area contributed by atoms with Crippen molar-refractivity contribution >= 4 is 22.9 Å². The molecule has 0 unspecified atom stereocenters. The SMILES string of the molecule is NCc1ccc(Cc2cccc(Cl)c2)s1. The highest BCUT2D eigenvalue weighted by Crippen LogP contribution is 2.20. The van der Waals surface area contributed by atoms with Crippen molar-refractivity contribution < 1.29 is 0 Å². The summed E-state index contributed by atoms with van der Waals surface area (Å²) in [6.07, 6.45) is 0.936. The average molecular weight is 238 g/mol. The first-order chi connectivity index (χ1) is 7.28. The molecule has 15 heavy (non-hydrogen) atoms. The molecule has 0 aliphatic rings. The molecule has 3 heteroatoms. The maximum absolute atomic E-state index is 5.93. The van der Waals surface area contributed by atoms with Gasteiger partial charge < -0.3 is 5.73 Å². The van der Waals surface area contributed by atoms with Crippen LogP contribution in [-0.2, 0) is 13.0 Å². The molecule has 0 spiro atoms. The fourth-order valence-corrected chi connectivity index (χ4v) is 2.62. The zero-order chi connectivity index (χ0) is 10.7. The molecule has 0 amide bonds. The van der Waals surface area contributed by atoms with E-state index in [4.69, 9.17) is 17.3 Å². The van der Waals surface area contributed by atoms with Gasteiger partial charge >= 0.3 is 0 Å². The Morgan fingerprint density at radius 2 is 1.93 bits per heavy atom. The number of hydrogen-bond acceptors (Lipinski definition) is 2. The monoisotopic (exact) mass is 237 g/mol. The summed E-state index contributed by atoms with van der Waals surface area (Å²) in [5.41, 5.74) is 6.81. The van der Waals surface area contributed by atoms with Gasteiger partial charge in [0.2, 0.25) is 0 Å². The van der Waals surface area contributed by atoms with Crippen molar-refractivity contribution in [3.05, 3.63) is 56.7 Å². The number of thiophene rings is 1. The smallest absolute Gasteiger partial charge is 0.0408 e. The summed E-state index contributed by atoms with van der Waals surface area (Å²) in [5, 5.41) is 0.795. The highest BCUT2D eigenvalue weighted by molar-refractivity contribution is 7.12. The number of nitrogens with two attached hydrogens (primary N) is 1. The summed E-state index contributed by atoms with van der Waals surface area (Å²) in [4.78, 5) is 2.56. The molecular formula is C12H12ClNS. The predicted molar refractivity (Wildman–Crippen MR) is 66.5 cm³/mol. The van der Waals surface area contributed by atoms with Crippen LogP contribution in [0.5, 0.6) is 0 Å². The van der Waals surface area contributed by atoms with Crippen molar-refractivity contribution in [2.24, 2.45) is 5.73 Å². The molecule has 78 valence electrons. The molecule has 1 aromatic heterocycles. The van der Waals surface area contributed by atoms with E-state index in [1.54, 1.807) is 11.3 Å². The van der Waals surface area contributed by atoms with Gasteiger partial charge in [0.15, 0.2) is 0 Å². The van der Waals surface area contributed by atoms with Crippen molar-refractivity contribution in [2.45, 2.75) is 13.0 Å². The van der Waals surface area contributed by atoms with Crippen LogP contribution >= 0.6 is 22.9 Å². The van der Waals surface area contributed by atoms with Gasteiger partial charge in [-0.1, -0.05) is 23.7 Å². The van der Waals surface area contributed by atoms with Gasteiger partial charge in [0.1, 0.15) is 0 Å². The molecule has 1 aromatic carbocycles. The van der Waals surface area contributed by atoms with Gasteiger partial charge in [-0.25, -0.2) is 0 Å². The van der Waals surface area contributed by atoms with E-state index in [0.29, 0.717) is 6.54 Å². The summed E-state index contributed by atoms with van der Waals surface area (Å²) in [5.74, 6) is 0. The van der Waals surface area contributed by atoms with Crippen LogP contribution in [-0.4, -0.2) is 0 Å². The largest absolute Gasteiger partial charge is 0.326 e. The zero-order valence-corrected chi connectivity index (χ0v) is 9.81. The third-order valence-electron chi connectivity index (χ3n) is 2.19. The van der Waals surface area contributed by atoms with E-state index in [-0.39, 0.29) is 0 Å². The Balaban J connectivity index is 2.14. The maximum Gasteiger partial charge on any atom is 0.0408 e. The summed E-state index contributed by atoms with van der Waals surface area (Å²) in [7, 11) is 0. The second kappa shape index (κ2) is 4.79. The van der Waals surface area contributed by atoms with E-state index in [1.807, 2.05) is 18.2 Å². The van der Waals surface area contributed by atoms with E-state index < -0.39 is 0 Å². The fraction of sp³-hybridized carbons (Fsp3) is 0.167. The Hall–Kier alpha value is -0.830. The molecule has 0 bridgehead atoms. The number of rotatable bonds is 3. The van der Waals surface area contributed by atoms with Crippen LogP contribution in [0.2, 0.25) is 5.02 Å². The van der Waals surface area contributed by atoms with E-state index >= 15 is 0 Å². The second-order valence-corrected chi connectivity index (χ2v) is 5.07. The summed E-state index contributed by atoms with van der Waals surface area (Å²) in [6, 6.07) is 12.2. The quantitative estimate of drug-likeness (QED) is 0.870. The lowest BCUT2D eigenvalue weighted by molar-refractivity contribution is 1.11. The van der Waals surface area contributed by atoms with Crippen LogP contribution in [0.25, 0.3) is 0 Å². The third kappa shape index (κ3) is 2.81. The molecule has 0 saturated heterocycles. The molecule has 2 rings (SSSR count). The maximum atomic E-state index is 5.93.